The van der Waals surface area contributed by atoms with Crippen LogP contribution in [0.15, 0.2) is 18.2 Å². The monoisotopic (exact) mass is 245 g/mol. The summed E-state index contributed by atoms with van der Waals surface area (Å²) in [6.07, 6.45) is 6.38. The predicted octanol–water partition coefficient (Wildman–Crippen LogP) is 2.62. The van der Waals surface area contributed by atoms with Crippen LogP contribution in [0.2, 0.25) is 0 Å². The molecule has 1 fully saturated rings. The number of aliphatic carboxylic acids is 1. The van der Waals surface area contributed by atoms with Gasteiger partial charge in [0.25, 0.3) is 0 Å². The lowest BCUT2D eigenvalue weighted by Crippen LogP contribution is -2.32. The van der Waals surface area contributed by atoms with Crippen LogP contribution in [-0.4, -0.2) is 23.7 Å². The van der Waals surface area contributed by atoms with Crippen LogP contribution < -0.4 is 4.90 Å². The molecule has 18 heavy (non-hydrogen) atoms. The van der Waals surface area contributed by atoms with Gasteiger partial charge in [-0.25, -0.2) is 0 Å². The first-order valence-electron chi connectivity index (χ1n) is 6.85. The van der Waals surface area contributed by atoms with Crippen molar-refractivity contribution in [2.45, 2.75) is 44.6 Å². The SMILES string of the molecule is O=C(O)Cc1cccc2c1N(C1CCCC1)CC2. The first kappa shape index (κ1) is 11.6. The Morgan fingerprint density at radius 2 is 2.11 bits per heavy atom. The molecular weight excluding hydrogens is 226 g/mol. The fourth-order valence-corrected chi connectivity index (χ4v) is 3.45. The molecule has 2 aliphatic rings. The first-order valence-corrected chi connectivity index (χ1v) is 6.85. The molecule has 0 spiro atoms. The molecule has 1 heterocycles. The van der Waals surface area contributed by atoms with Crippen LogP contribution in [0.5, 0.6) is 0 Å². The largest absolute Gasteiger partial charge is 0.481 e. The number of carboxylic acids is 1. The molecule has 1 aromatic rings. The lowest BCUT2D eigenvalue weighted by atomic mass is 10.0. The third kappa shape index (κ3) is 1.98. The Morgan fingerprint density at radius 1 is 1.33 bits per heavy atom. The molecule has 1 aromatic carbocycles. The highest BCUT2D eigenvalue weighted by Crippen LogP contribution is 2.37. The summed E-state index contributed by atoms with van der Waals surface area (Å²) in [5.74, 6) is -0.735. The molecule has 0 amide bonds. The van der Waals surface area contributed by atoms with Crippen molar-refractivity contribution in [3.8, 4) is 0 Å². The van der Waals surface area contributed by atoms with Gasteiger partial charge in [0.2, 0.25) is 0 Å². The number of hydrogen-bond acceptors (Lipinski definition) is 2. The van der Waals surface area contributed by atoms with Crippen LogP contribution in [0.25, 0.3) is 0 Å². The second kappa shape index (κ2) is 4.63. The van der Waals surface area contributed by atoms with Gasteiger partial charge >= 0.3 is 5.97 Å². The summed E-state index contributed by atoms with van der Waals surface area (Å²) in [5.41, 5.74) is 3.55. The van der Waals surface area contributed by atoms with Crippen molar-refractivity contribution in [2.75, 3.05) is 11.4 Å². The third-order valence-electron chi connectivity index (χ3n) is 4.22. The fraction of sp³-hybridized carbons (Fsp3) is 0.533. The zero-order valence-corrected chi connectivity index (χ0v) is 10.6. The average molecular weight is 245 g/mol. The number of fused-ring (bicyclic) bond motifs is 1. The Kier molecular flexibility index (Phi) is 2.98. The van der Waals surface area contributed by atoms with Gasteiger partial charge in [-0.1, -0.05) is 31.0 Å². The Hall–Kier alpha value is -1.51. The zero-order chi connectivity index (χ0) is 12.5. The number of hydrogen-bond donors (Lipinski definition) is 1. The first-order chi connectivity index (χ1) is 8.75. The van der Waals surface area contributed by atoms with E-state index in [0.29, 0.717) is 6.04 Å². The quantitative estimate of drug-likeness (QED) is 0.890. The predicted molar refractivity (Wildman–Crippen MR) is 71.1 cm³/mol. The molecule has 0 unspecified atom stereocenters. The summed E-state index contributed by atoms with van der Waals surface area (Å²) in [6, 6.07) is 6.76. The van der Waals surface area contributed by atoms with Crippen molar-refractivity contribution in [1.29, 1.82) is 0 Å². The van der Waals surface area contributed by atoms with Gasteiger partial charge in [0.15, 0.2) is 0 Å². The van der Waals surface area contributed by atoms with Crippen molar-refractivity contribution >= 4 is 11.7 Å². The number of benzene rings is 1. The number of carbonyl (C=O) groups is 1. The van der Waals surface area contributed by atoms with E-state index in [1.165, 1.54) is 36.9 Å². The van der Waals surface area contributed by atoms with Crippen LogP contribution in [0, 0.1) is 0 Å². The molecule has 1 N–H and O–H groups in total. The maximum absolute atomic E-state index is 11.0. The van der Waals surface area contributed by atoms with Gasteiger partial charge in [-0.2, -0.15) is 0 Å². The summed E-state index contributed by atoms with van der Waals surface area (Å²) in [6.45, 7) is 1.07. The maximum Gasteiger partial charge on any atom is 0.307 e. The molecule has 1 aliphatic carbocycles. The second-order valence-corrected chi connectivity index (χ2v) is 5.38. The van der Waals surface area contributed by atoms with E-state index in [-0.39, 0.29) is 6.42 Å². The van der Waals surface area contributed by atoms with Crippen LogP contribution in [0.3, 0.4) is 0 Å². The minimum Gasteiger partial charge on any atom is -0.481 e. The van der Waals surface area contributed by atoms with Gasteiger partial charge in [0.1, 0.15) is 0 Å². The van der Waals surface area contributed by atoms with E-state index < -0.39 is 5.97 Å². The molecule has 0 radical (unpaired) electrons. The number of para-hydroxylation sites is 1. The number of anilines is 1. The second-order valence-electron chi connectivity index (χ2n) is 5.38. The molecule has 3 nitrogen and oxygen atoms in total. The van der Waals surface area contributed by atoms with Crippen molar-refractivity contribution in [3.05, 3.63) is 29.3 Å². The maximum atomic E-state index is 11.0. The van der Waals surface area contributed by atoms with Gasteiger partial charge in [0, 0.05) is 18.3 Å². The average Bonchev–Trinajstić information content (AvgIpc) is 2.96. The minimum atomic E-state index is -0.735. The van der Waals surface area contributed by atoms with Gasteiger partial charge in [-0.15, -0.1) is 0 Å². The van der Waals surface area contributed by atoms with Crippen molar-refractivity contribution in [3.63, 3.8) is 0 Å². The van der Waals surface area contributed by atoms with E-state index in [1.807, 2.05) is 12.1 Å². The summed E-state index contributed by atoms with van der Waals surface area (Å²) in [7, 11) is 0. The van der Waals surface area contributed by atoms with Gasteiger partial charge < -0.3 is 10.0 Å². The topological polar surface area (TPSA) is 40.5 Å². The van der Waals surface area contributed by atoms with E-state index in [2.05, 4.69) is 11.0 Å². The Labute approximate surface area is 107 Å². The molecule has 0 saturated heterocycles. The zero-order valence-electron chi connectivity index (χ0n) is 10.6. The summed E-state index contributed by atoms with van der Waals surface area (Å²) in [5, 5.41) is 9.03. The molecule has 0 bridgehead atoms. The smallest absolute Gasteiger partial charge is 0.307 e. The van der Waals surface area contributed by atoms with Gasteiger partial charge in [0.05, 0.1) is 6.42 Å². The summed E-state index contributed by atoms with van der Waals surface area (Å²) < 4.78 is 0. The lowest BCUT2D eigenvalue weighted by Gasteiger charge is -2.28. The van der Waals surface area contributed by atoms with Crippen LogP contribution >= 0.6 is 0 Å². The van der Waals surface area contributed by atoms with E-state index in [9.17, 15) is 4.79 Å². The fourth-order valence-electron chi connectivity index (χ4n) is 3.45. The van der Waals surface area contributed by atoms with Crippen LogP contribution in [0.4, 0.5) is 5.69 Å². The Morgan fingerprint density at radius 3 is 2.83 bits per heavy atom. The van der Waals surface area contributed by atoms with Crippen LogP contribution in [-0.2, 0) is 17.6 Å². The van der Waals surface area contributed by atoms with E-state index in [0.717, 1.165) is 18.5 Å². The number of carboxylic acid groups (broad SMARTS) is 1. The van der Waals surface area contributed by atoms with Crippen LogP contribution in [0.1, 0.15) is 36.8 Å². The van der Waals surface area contributed by atoms with Crippen molar-refractivity contribution in [2.24, 2.45) is 0 Å². The van der Waals surface area contributed by atoms with E-state index in [1.54, 1.807) is 0 Å². The highest BCUT2D eigenvalue weighted by atomic mass is 16.4. The highest BCUT2D eigenvalue weighted by Gasteiger charge is 2.30. The Bertz CT molecular complexity index is 464. The van der Waals surface area contributed by atoms with E-state index in [4.69, 9.17) is 5.11 Å². The molecule has 0 aromatic heterocycles. The lowest BCUT2D eigenvalue weighted by molar-refractivity contribution is -0.136. The van der Waals surface area contributed by atoms with Crippen molar-refractivity contribution in [1.82, 2.24) is 0 Å². The highest BCUT2D eigenvalue weighted by molar-refractivity contribution is 5.76. The number of rotatable bonds is 3. The van der Waals surface area contributed by atoms with Gasteiger partial charge in [-0.3, -0.25) is 4.79 Å². The summed E-state index contributed by atoms with van der Waals surface area (Å²) >= 11 is 0. The summed E-state index contributed by atoms with van der Waals surface area (Å²) in [4.78, 5) is 13.5. The molecular formula is C15H19NO2. The normalized spacial score (nSPS) is 19.2. The molecule has 1 aliphatic heterocycles. The minimum absolute atomic E-state index is 0.145. The van der Waals surface area contributed by atoms with E-state index >= 15 is 0 Å². The number of nitrogens with zero attached hydrogens (tertiary/aromatic N) is 1. The molecule has 96 valence electrons. The standard InChI is InChI=1S/C15H19NO2/c17-14(18)10-12-5-3-4-11-8-9-16(15(11)12)13-6-1-2-7-13/h3-5,13H,1-2,6-10H2,(H,17,18). The molecule has 1 saturated carbocycles. The molecule has 3 rings (SSSR count). The molecule has 3 heteroatoms. The molecule has 0 atom stereocenters. The Balaban J connectivity index is 1.94. The third-order valence-corrected chi connectivity index (χ3v) is 4.22. The van der Waals surface area contributed by atoms with Gasteiger partial charge in [-0.05, 0) is 30.4 Å². The van der Waals surface area contributed by atoms with Crippen molar-refractivity contribution < 1.29 is 9.90 Å².